The minimum absolute atomic E-state index is 0.0892. The summed E-state index contributed by atoms with van der Waals surface area (Å²) in [5.74, 6) is 0.689. The molecule has 0 saturated carbocycles. The largest absolute Gasteiger partial charge is 0.496 e. The molecular formula is C19H17NO2S. The maximum absolute atomic E-state index is 12.3. The molecule has 23 heavy (non-hydrogen) atoms. The Morgan fingerprint density at radius 2 is 1.83 bits per heavy atom. The van der Waals surface area contributed by atoms with E-state index in [0.29, 0.717) is 12.1 Å². The van der Waals surface area contributed by atoms with Crippen LogP contribution in [0.1, 0.15) is 15.9 Å². The van der Waals surface area contributed by atoms with Gasteiger partial charge < -0.3 is 10.1 Å². The number of rotatable bonds is 5. The number of nitrogens with one attached hydrogen (secondary N) is 1. The highest BCUT2D eigenvalue weighted by molar-refractivity contribution is 7.13. The first-order chi connectivity index (χ1) is 11.3. The van der Waals surface area contributed by atoms with Gasteiger partial charge in [0.05, 0.1) is 7.11 Å². The zero-order valence-electron chi connectivity index (χ0n) is 12.8. The topological polar surface area (TPSA) is 38.3 Å². The normalized spacial score (nSPS) is 10.3. The van der Waals surface area contributed by atoms with Gasteiger partial charge in [-0.2, -0.15) is 0 Å². The Kier molecular flexibility index (Phi) is 4.74. The van der Waals surface area contributed by atoms with Gasteiger partial charge in [-0.15, -0.1) is 11.3 Å². The fraction of sp³-hybridized carbons (Fsp3) is 0.105. The van der Waals surface area contributed by atoms with Crippen molar-refractivity contribution < 1.29 is 9.53 Å². The number of carbonyl (C=O) groups excluding carboxylic acids is 1. The highest BCUT2D eigenvalue weighted by Crippen LogP contribution is 2.24. The summed E-state index contributed by atoms with van der Waals surface area (Å²) in [5.41, 5.74) is 2.74. The Hall–Kier alpha value is -2.59. The molecule has 0 fully saturated rings. The molecule has 0 unspecified atom stereocenters. The maximum Gasteiger partial charge on any atom is 0.251 e. The first-order valence-corrected chi connectivity index (χ1v) is 8.20. The molecule has 3 rings (SSSR count). The van der Waals surface area contributed by atoms with Crippen LogP contribution in [-0.4, -0.2) is 13.0 Å². The zero-order valence-corrected chi connectivity index (χ0v) is 13.6. The fourth-order valence-corrected chi connectivity index (χ4v) is 3.09. The van der Waals surface area contributed by atoms with Crippen LogP contribution in [0.3, 0.4) is 0 Å². The second-order valence-corrected chi connectivity index (χ2v) is 6.00. The van der Waals surface area contributed by atoms with Gasteiger partial charge in [-0.25, -0.2) is 0 Å². The number of thiophene rings is 1. The van der Waals surface area contributed by atoms with Crippen LogP contribution >= 0.6 is 11.3 Å². The highest BCUT2D eigenvalue weighted by atomic mass is 32.1. The molecule has 0 saturated heterocycles. The van der Waals surface area contributed by atoms with E-state index in [9.17, 15) is 4.79 Å². The molecule has 4 heteroatoms. The molecule has 3 nitrogen and oxygen atoms in total. The molecule has 116 valence electrons. The minimum Gasteiger partial charge on any atom is -0.496 e. The molecule has 0 aliphatic heterocycles. The van der Waals surface area contributed by atoms with E-state index in [1.165, 1.54) is 4.88 Å². The number of carbonyl (C=O) groups is 1. The maximum atomic E-state index is 12.3. The number of amides is 1. The summed E-state index contributed by atoms with van der Waals surface area (Å²) in [6, 6.07) is 19.4. The molecule has 1 heterocycles. The van der Waals surface area contributed by atoms with Crippen LogP contribution in [0.5, 0.6) is 5.75 Å². The van der Waals surface area contributed by atoms with Crippen molar-refractivity contribution in [3.63, 3.8) is 0 Å². The SMILES string of the molecule is COc1ccccc1CNC(=O)c1ccc(-c2cccs2)cc1. The average molecular weight is 323 g/mol. The van der Waals surface area contributed by atoms with Gasteiger partial charge in [-0.05, 0) is 35.2 Å². The third-order valence-corrected chi connectivity index (χ3v) is 4.50. The Bertz CT molecular complexity index is 779. The first-order valence-electron chi connectivity index (χ1n) is 7.32. The average Bonchev–Trinajstić information content (AvgIpc) is 3.14. The van der Waals surface area contributed by atoms with Crippen molar-refractivity contribution in [1.29, 1.82) is 0 Å². The molecule has 3 aromatic rings. The molecule has 0 spiro atoms. The van der Waals surface area contributed by atoms with E-state index in [0.717, 1.165) is 16.9 Å². The summed E-state index contributed by atoms with van der Waals surface area (Å²) in [6.45, 7) is 0.440. The van der Waals surface area contributed by atoms with E-state index in [1.807, 2.05) is 60.0 Å². The molecule has 2 aromatic carbocycles. The van der Waals surface area contributed by atoms with E-state index in [1.54, 1.807) is 18.4 Å². The molecule has 1 amide bonds. The Morgan fingerprint density at radius 3 is 2.52 bits per heavy atom. The standard InChI is InChI=1S/C19H17NO2S/c1-22-17-6-3-2-5-16(17)13-20-19(21)15-10-8-14(9-11-15)18-7-4-12-23-18/h2-12H,13H2,1H3,(H,20,21). The minimum atomic E-state index is -0.0892. The van der Waals surface area contributed by atoms with E-state index in [-0.39, 0.29) is 5.91 Å². The van der Waals surface area contributed by atoms with Crippen LogP contribution in [0, 0.1) is 0 Å². The monoisotopic (exact) mass is 323 g/mol. The number of benzene rings is 2. The van der Waals surface area contributed by atoms with Gasteiger partial charge in [0.1, 0.15) is 5.75 Å². The summed E-state index contributed by atoms with van der Waals surface area (Å²) >= 11 is 1.69. The van der Waals surface area contributed by atoms with Crippen molar-refractivity contribution in [2.45, 2.75) is 6.54 Å². The van der Waals surface area contributed by atoms with E-state index in [2.05, 4.69) is 11.4 Å². The van der Waals surface area contributed by atoms with Gasteiger partial charge >= 0.3 is 0 Å². The number of methoxy groups -OCH3 is 1. The Balaban J connectivity index is 1.66. The Labute approximate surface area is 139 Å². The molecule has 0 aliphatic rings. The summed E-state index contributed by atoms with van der Waals surface area (Å²) in [7, 11) is 1.63. The summed E-state index contributed by atoms with van der Waals surface area (Å²) in [4.78, 5) is 13.5. The molecule has 0 atom stereocenters. The van der Waals surface area contributed by atoms with Crippen LogP contribution in [0.2, 0.25) is 0 Å². The van der Waals surface area contributed by atoms with Gasteiger partial charge in [0.15, 0.2) is 0 Å². The number of hydrogen-bond acceptors (Lipinski definition) is 3. The highest BCUT2D eigenvalue weighted by Gasteiger charge is 2.08. The van der Waals surface area contributed by atoms with E-state index >= 15 is 0 Å². The molecule has 0 bridgehead atoms. The molecular weight excluding hydrogens is 306 g/mol. The van der Waals surface area contributed by atoms with E-state index in [4.69, 9.17) is 4.74 Å². The lowest BCUT2D eigenvalue weighted by Gasteiger charge is -2.09. The molecule has 1 N–H and O–H groups in total. The molecule has 0 aliphatic carbocycles. The van der Waals surface area contributed by atoms with Crippen LogP contribution in [0.15, 0.2) is 66.0 Å². The third-order valence-electron chi connectivity index (χ3n) is 3.58. The first kappa shape index (κ1) is 15.3. The smallest absolute Gasteiger partial charge is 0.251 e. The van der Waals surface area contributed by atoms with Gasteiger partial charge in [-0.3, -0.25) is 4.79 Å². The van der Waals surface area contributed by atoms with Crippen LogP contribution in [0.4, 0.5) is 0 Å². The second-order valence-electron chi connectivity index (χ2n) is 5.05. The molecule has 0 radical (unpaired) electrons. The van der Waals surface area contributed by atoms with Crippen LogP contribution in [0.25, 0.3) is 10.4 Å². The van der Waals surface area contributed by atoms with Crippen molar-refractivity contribution >= 4 is 17.2 Å². The lowest BCUT2D eigenvalue weighted by molar-refractivity contribution is 0.0950. The van der Waals surface area contributed by atoms with E-state index < -0.39 is 0 Å². The second kappa shape index (κ2) is 7.11. The summed E-state index contributed by atoms with van der Waals surface area (Å²) in [6.07, 6.45) is 0. The number of ether oxygens (including phenoxy) is 1. The summed E-state index contributed by atoms with van der Waals surface area (Å²) in [5, 5.41) is 4.97. The number of para-hydroxylation sites is 1. The Morgan fingerprint density at radius 1 is 1.04 bits per heavy atom. The third kappa shape index (κ3) is 3.60. The van der Waals surface area contributed by atoms with Crippen molar-refractivity contribution in [3.05, 3.63) is 77.2 Å². The lowest BCUT2D eigenvalue weighted by Crippen LogP contribution is -2.22. The summed E-state index contributed by atoms with van der Waals surface area (Å²) < 4.78 is 5.29. The number of hydrogen-bond donors (Lipinski definition) is 1. The van der Waals surface area contributed by atoms with Crippen molar-refractivity contribution in [1.82, 2.24) is 5.32 Å². The van der Waals surface area contributed by atoms with Gasteiger partial charge in [0.25, 0.3) is 5.91 Å². The van der Waals surface area contributed by atoms with Crippen LogP contribution in [-0.2, 0) is 6.54 Å². The van der Waals surface area contributed by atoms with Crippen molar-refractivity contribution in [3.8, 4) is 16.2 Å². The molecule has 1 aromatic heterocycles. The fourth-order valence-electron chi connectivity index (χ4n) is 2.36. The van der Waals surface area contributed by atoms with Gasteiger partial charge in [-0.1, -0.05) is 36.4 Å². The zero-order chi connectivity index (χ0) is 16.1. The van der Waals surface area contributed by atoms with Gasteiger partial charge in [0.2, 0.25) is 0 Å². The van der Waals surface area contributed by atoms with Crippen molar-refractivity contribution in [2.24, 2.45) is 0 Å². The predicted molar refractivity (Wildman–Crippen MR) is 93.9 cm³/mol. The van der Waals surface area contributed by atoms with Gasteiger partial charge in [0, 0.05) is 22.5 Å². The lowest BCUT2D eigenvalue weighted by atomic mass is 10.1. The predicted octanol–water partition coefficient (Wildman–Crippen LogP) is 4.35. The van der Waals surface area contributed by atoms with Crippen LogP contribution < -0.4 is 10.1 Å². The quantitative estimate of drug-likeness (QED) is 0.758. The van der Waals surface area contributed by atoms with Crippen molar-refractivity contribution in [2.75, 3.05) is 7.11 Å².